The minimum absolute atomic E-state index is 0.00252. The van der Waals surface area contributed by atoms with Crippen molar-refractivity contribution in [2.45, 2.75) is 39.3 Å². The van der Waals surface area contributed by atoms with E-state index in [1.165, 1.54) is 6.21 Å². The predicted octanol–water partition coefficient (Wildman–Crippen LogP) is 3.92. The second-order valence-corrected chi connectivity index (χ2v) is 14.5. The highest BCUT2D eigenvalue weighted by Gasteiger charge is 2.22. The molecule has 4 aromatic carbocycles. The van der Waals surface area contributed by atoms with Gasteiger partial charge in [0.1, 0.15) is 0 Å². The van der Waals surface area contributed by atoms with Crippen molar-refractivity contribution in [3.8, 4) is 23.2 Å². The fourth-order valence-corrected chi connectivity index (χ4v) is 6.24. The molecule has 3 N–H and O–H groups in total. The minimum atomic E-state index is -0.397. The van der Waals surface area contributed by atoms with Gasteiger partial charge in [-0.1, -0.05) is 78.6 Å². The van der Waals surface area contributed by atoms with Gasteiger partial charge in [0.25, 0.3) is 5.91 Å². The second kappa shape index (κ2) is 25.8. The Labute approximate surface area is 377 Å². The molecule has 0 saturated heterocycles. The maximum Gasteiger partial charge on any atom is 0.251 e. The van der Waals surface area contributed by atoms with Gasteiger partial charge in [-0.15, -0.1) is 20.4 Å². The van der Waals surface area contributed by atoms with Crippen LogP contribution in [0.25, 0.3) is 11.4 Å². The van der Waals surface area contributed by atoms with E-state index in [0.29, 0.717) is 94.3 Å². The van der Waals surface area contributed by atoms with Gasteiger partial charge in [-0.2, -0.15) is 5.10 Å². The van der Waals surface area contributed by atoms with Crippen LogP contribution in [0, 0.1) is 18.8 Å². The summed E-state index contributed by atoms with van der Waals surface area (Å²) in [6, 6.07) is 29.5. The molecule has 0 radical (unpaired) electrons. The van der Waals surface area contributed by atoms with Crippen LogP contribution in [0.15, 0.2) is 102 Å². The van der Waals surface area contributed by atoms with Gasteiger partial charge in [0.05, 0.1) is 71.3 Å². The van der Waals surface area contributed by atoms with Gasteiger partial charge < -0.3 is 34.5 Å². The summed E-state index contributed by atoms with van der Waals surface area (Å²) in [5.74, 6) is 6.37. The van der Waals surface area contributed by atoms with E-state index >= 15 is 0 Å². The molecule has 4 amide bonds. The monoisotopic (exact) mass is 881 g/mol. The number of hydrogen-bond acceptors (Lipinski definition) is 13. The quantitative estimate of drug-likeness (QED) is 0.0349. The summed E-state index contributed by atoms with van der Waals surface area (Å²) in [6.07, 6.45) is 1.67. The Morgan fingerprint density at radius 3 is 2.02 bits per heavy atom. The molecular weight excluding hydrogens is 831 g/mol. The van der Waals surface area contributed by atoms with Gasteiger partial charge in [0.15, 0.2) is 5.82 Å². The molecule has 6 rings (SSSR count). The topological polar surface area (TPSA) is 208 Å². The Bertz CT molecular complexity index is 2440. The molecule has 336 valence electrons. The van der Waals surface area contributed by atoms with Crippen molar-refractivity contribution in [1.29, 1.82) is 0 Å². The van der Waals surface area contributed by atoms with E-state index in [0.717, 1.165) is 27.8 Å². The lowest BCUT2D eigenvalue weighted by atomic mass is 10.0. The lowest BCUT2D eigenvalue weighted by molar-refractivity contribution is -0.125. The number of hydrazone groups is 1. The summed E-state index contributed by atoms with van der Waals surface area (Å²) in [4.78, 5) is 52.4. The smallest absolute Gasteiger partial charge is 0.251 e. The maximum absolute atomic E-state index is 13.4. The fourth-order valence-electron chi connectivity index (χ4n) is 6.24. The molecular formula is C48H51N9O8. The molecule has 17 heteroatoms. The van der Waals surface area contributed by atoms with Gasteiger partial charge in [0.2, 0.25) is 23.5 Å². The van der Waals surface area contributed by atoms with Crippen LogP contribution < -0.4 is 21.0 Å². The average molecular weight is 882 g/mol. The number of fused-ring (bicyclic) bond motifs is 2. The van der Waals surface area contributed by atoms with E-state index in [4.69, 9.17) is 18.9 Å². The van der Waals surface area contributed by atoms with Crippen molar-refractivity contribution in [2.75, 3.05) is 64.3 Å². The predicted molar refractivity (Wildman–Crippen MR) is 241 cm³/mol. The number of carbonyl (C=O) groups excluding carboxylic acids is 4. The highest BCUT2D eigenvalue weighted by atomic mass is 16.6. The van der Waals surface area contributed by atoms with Crippen LogP contribution >= 0.6 is 0 Å². The molecule has 1 aliphatic heterocycles. The zero-order valence-corrected chi connectivity index (χ0v) is 36.2. The minimum Gasteiger partial charge on any atom is -0.379 e. The first kappa shape index (κ1) is 47.3. The molecule has 0 unspecified atom stereocenters. The van der Waals surface area contributed by atoms with Gasteiger partial charge in [-0.05, 0) is 53.9 Å². The number of ether oxygens (including phenoxy) is 4. The van der Waals surface area contributed by atoms with E-state index in [1.807, 2.05) is 72.8 Å². The molecule has 0 aliphatic carbocycles. The summed E-state index contributed by atoms with van der Waals surface area (Å²) in [7, 11) is 0. The summed E-state index contributed by atoms with van der Waals surface area (Å²) in [5.41, 5.74) is 8.62. The number of rotatable bonds is 24. The number of aromatic nitrogens is 4. The standard InChI is InChI=1S/C48H51N9O8/c1-35-52-55-47(56-53-35)40-14-10-36(11-15-40)32-50-44(58)22-24-62-26-28-64-30-31-65-29-27-63-25-23-49-48(61)41-16-12-37(13-17-41)33-51-54-45(59)20-21-46(60)57-34-42-8-3-2-6-38(42)18-19-39-7-4-5-9-43(39)57/h2-17,33H,20-32,34H2,1H3,(H,49,61)(H,50,58)(H,54,59)/b51-33-. The SMILES string of the molecule is Cc1nnc(-c2ccc(CNC(=O)CCOCCOCCOCCOCCNC(=O)c3ccc(/C=N\NC(=O)CCC(=O)N4Cc5ccccc5C#Cc5ccccc54)cc3)cc2)nn1. The highest BCUT2D eigenvalue weighted by Crippen LogP contribution is 2.26. The molecule has 0 spiro atoms. The Hall–Kier alpha value is -7.23. The number of benzene rings is 4. The van der Waals surface area contributed by atoms with E-state index in [2.05, 4.69) is 53.4 Å². The number of amides is 4. The van der Waals surface area contributed by atoms with Crippen LogP contribution in [0.1, 0.15) is 63.3 Å². The third kappa shape index (κ3) is 15.8. The number of nitrogens with one attached hydrogen (secondary N) is 3. The average Bonchev–Trinajstić information content (AvgIpc) is 3.32. The number of carbonyl (C=O) groups is 4. The van der Waals surface area contributed by atoms with Crippen molar-refractivity contribution in [3.05, 3.63) is 136 Å². The first-order chi connectivity index (χ1) is 31.8. The van der Waals surface area contributed by atoms with Crippen LogP contribution in [-0.2, 0) is 46.4 Å². The van der Waals surface area contributed by atoms with Crippen molar-refractivity contribution in [3.63, 3.8) is 0 Å². The normalized spacial score (nSPS) is 11.7. The summed E-state index contributed by atoms with van der Waals surface area (Å²) in [5, 5.41) is 25.6. The van der Waals surface area contributed by atoms with Gasteiger partial charge in [-0.25, -0.2) is 5.43 Å². The lowest BCUT2D eigenvalue weighted by Gasteiger charge is -2.26. The molecule has 0 saturated carbocycles. The third-order valence-electron chi connectivity index (χ3n) is 9.72. The zero-order valence-electron chi connectivity index (χ0n) is 36.2. The van der Waals surface area contributed by atoms with Crippen LogP contribution in [-0.4, -0.2) is 110 Å². The molecule has 65 heavy (non-hydrogen) atoms. The summed E-state index contributed by atoms with van der Waals surface area (Å²) < 4.78 is 22.1. The number of para-hydroxylation sites is 1. The molecule has 2 heterocycles. The molecule has 0 atom stereocenters. The molecule has 1 aromatic heterocycles. The van der Waals surface area contributed by atoms with Crippen molar-refractivity contribution < 1.29 is 38.1 Å². The molecule has 5 aromatic rings. The van der Waals surface area contributed by atoms with Crippen molar-refractivity contribution >= 4 is 35.5 Å². The Morgan fingerprint density at radius 2 is 1.29 bits per heavy atom. The van der Waals surface area contributed by atoms with Crippen LogP contribution in [0.2, 0.25) is 0 Å². The van der Waals surface area contributed by atoms with E-state index < -0.39 is 5.91 Å². The van der Waals surface area contributed by atoms with Gasteiger partial charge in [-0.3, -0.25) is 19.2 Å². The zero-order chi connectivity index (χ0) is 45.5. The number of aryl methyl sites for hydroxylation is 1. The van der Waals surface area contributed by atoms with Crippen LogP contribution in [0.5, 0.6) is 0 Å². The van der Waals surface area contributed by atoms with Gasteiger partial charge >= 0.3 is 0 Å². The van der Waals surface area contributed by atoms with Crippen LogP contribution in [0.3, 0.4) is 0 Å². The fraction of sp³-hybridized carbons (Fsp3) is 0.312. The first-order valence-electron chi connectivity index (χ1n) is 21.2. The van der Waals surface area contributed by atoms with E-state index in [9.17, 15) is 19.2 Å². The van der Waals surface area contributed by atoms with E-state index in [1.54, 1.807) is 36.1 Å². The summed E-state index contributed by atoms with van der Waals surface area (Å²) in [6.45, 7) is 5.67. The van der Waals surface area contributed by atoms with Gasteiger partial charge in [0, 0.05) is 54.6 Å². The Morgan fingerprint density at radius 1 is 0.662 bits per heavy atom. The lowest BCUT2D eigenvalue weighted by Crippen LogP contribution is -2.32. The summed E-state index contributed by atoms with van der Waals surface area (Å²) >= 11 is 0. The second-order valence-electron chi connectivity index (χ2n) is 14.5. The van der Waals surface area contributed by atoms with Crippen molar-refractivity contribution in [1.82, 2.24) is 36.5 Å². The number of anilines is 1. The molecule has 0 bridgehead atoms. The molecule has 17 nitrogen and oxygen atoms in total. The number of hydrogen-bond donors (Lipinski definition) is 3. The van der Waals surface area contributed by atoms with Crippen molar-refractivity contribution in [2.24, 2.45) is 5.10 Å². The Kier molecular flexibility index (Phi) is 18.7. The molecule has 0 fully saturated rings. The third-order valence-corrected chi connectivity index (χ3v) is 9.72. The largest absolute Gasteiger partial charge is 0.379 e. The number of nitrogens with zero attached hydrogens (tertiary/aromatic N) is 6. The maximum atomic E-state index is 13.4. The molecule has 1 aliphatic rings. The highest BCUT2D eigenvalue weighted by molar-refractivity contribution is 5.97. The van der Waals surface area contributed by atoms with Crippen LogP contribution in [0.4, 0.5) is 5.69 Å². The Balaban J connectivity index is 0.736. The van der Waals surface area contributed by atoms with E-state index in [-0.39, 0.29) is 43.6 Å². The first-order valence-corrected chi connectivity index (χ1v) is 21.2.